The van der Waals surface area contributed by atoms with E-state index >= 15 is 0 Å². The third kappa shape index (κ3) is 7.92. The highest BCUT2D eigenvalue weighted by Gasteiger charge is 2.17. The van der Waals surface area contributed by atoms with Crippen LogP contribution < -0.4 is 20.2 Å². The van der Waals surface area contributed by atoms with E-state index in [-0.39, 0.29) is 17.6 Å². The summed E-state index contributed by atoms with van der Waals surface area (Å²) < 4.78 is 16.9. The van der Waals surface area contributed by atoms with Gasteiger partial charge in [-0.25, -0.2) is 4.79 Å². The van der Waals surface area contributed by atoms with Crippen molar-refractivity contribution in [2.45, 2.75) is 56.5 Å². The fourth-order valence-electron chi connectivity index (χ4n) is 3.09. The molecule has 0 unspecified atom stereocenters. The zero-order chi connectivity index (χ0) is 25.9. The number of thioether (sulfide) groups is 1. The van der Waals surface area contributed by atoms with Crippen molar-refractivity contribution in [2.75, 3.05) is 11.9 Å². The Hall–Kier alpha value is -3.18. The lowest BCUT2D eigenvalue weighted by atomic mass is 10.0. The van der Waals surface area contributed by atoms with Gasteiger partial charge in [0.05, 0.1) is 17.9 Å². The lowest BCUT2D eigenvalue weighted by Gasteiger charge is -2.09. The Morgan fingerprint density at radius 2 is 1.89 bits per heavy atom. The van der Waals surface area contributed by atoms with E-state index in [1.54, 1.807) is 24.3 Å². The van der Waals surface area contributed by atoms with Gasteiger partial charge in [0.1, 0.15) is 17.8 Å². The minimum atomic E-state index is -0.665. The fourth-order valence-corrected chi connectivity index (χ4v) is 4.73. The molecule has 0 fully saturated rings. The van der Waals surface area contributed by atoms with Crippen LogP contribution in [0.25, 0.3) is 0 Å². The van der Waals surface area contributed by atoms with Crippen molar-refractivity contribution in [3.63, 3.8) is 0 Å². The number of amides is 1. The summed E-state index contributed by atoms with van der Waals surface area (Å²) in [7, 11) is 0. The van der Waals surface area contributed by atoms with Crippen molar-refractivity contribution >= 4 is 40.1 Å². The molecule has 0 aliphatic carbocycles. The number of aromatic nitrogens is 2. The van der Waals surface area contributed by atoms with E-state index in [2.05, 4.69) is 22.4 Å². The second-order valence-corrected chi connectivity index (χ2v) is 10.1. The lowest BCUT2D eigenvalue weighted by Crippen LogP contribution is -2.21. The van der Waals surface area contributed by atoms with E-state index in [4.69, 9.17) is 13.9 Å². The van der Waals surface area contributed by atoms with Crippen LogP contribution in [0.4, 0.5) is 5.13 Å². The van der Waals surface area contributed by atoms with Crippen molar-refractivity contribution in [1.82, 2.24) is 10.2 Å². The van der Waals surface area contributed by atoms with E-state index in [1.807, 2.05) is 13.8 Å². The van der Waals surface area contributed by atoms with Crippen molar-refractivity contribution in [1.29, 1.82) is 0 Å². The molecule has 0 aliphatic rings. The highest BCUT2D eigenvalue weighted by molar-refractivity contribution is 8.00. The molecular weight excluding hydrogens is 502 g/mol. The summed E-state index contributed by atoms with van der Waals surface area (Å²) >= 11 is 2.57. The molecule has 1 aromatic carbocycles. The average Bonchev–Trinajstić information content (AvgIpc) is 3.32. The van der Waals surface area contributed by atoms with Gasteiger partial charge in [-0.15, -0.1) is 10.2 Å². The third-order valence-electron chi connectivity index (χ3n) is 5.24. The Balaban J connectivity index is 1.52. The molecule has 9 nitrogen and oxygen atoms in total. The first-order valence-corrected chi connectivity index (χ1v) is 13.6. The van der Waals surface area contributed by atoms with Gasteiger partial charge in [-0.2, -0.15) is 0 Å². The summed E-state index contributed by atoms with van der Waals surface area (Å²) in [4.78, 5) is 37.0. The molecule has 11 heteroatoms. The summed E-state index contributed by atoms with van der Waals surface area (Å²) in [6.07, 6.45) is 4.62. The molecule has 1 amide bonds. The van der Waals surface area contributed by atoms with Gasteiger partial charge in [-0.1, -0.05) is 50.3 Å². The molecule has 0 aliphatic heterocycles. The molecule has 0 saturated heterocycles. The van der Waals surface area contributed by atoms with Gasteiger partial charge in [-0.3, -0.25) is 9.59 Å². The van der Waals surface area contributed by atoms with Crippen LogP contribution >= 0.6 is 23.1 Å². The predicted octanol–water partition coefficient (Wildman–Crippen LogP) is 5.56. The number of hydrogen-bond donors (Lipinski definition) is 1. The molecule has 1 N–H and O–H groups in total. The standard InChI is InChI=1S/C25H29N3O6S2/c1-4-7-12-32-18-10-8-17(9-11-18)23(31)34-21-14-33-19(13-20(21)29)15-35-25-28-27-24(36-25)26-22(30)16(5-2)6-3/h8-11,13-14,16H,4-7,12,15H2,1-3H3,(H,26,27,30). The average molecular weight is 532 g/mol. The fraction of sp³-hybridized carbons (Fsp3) is 0.400. The molecule has 192 valence electrons. The maximum atomic E-state index is 12.4. The van der Waals surface area contributed by atoms with Crippen LogP contribution in [0.3, 0.4) is 0 Å². The summed E-state index contributed by atoms with van der Waals surface area (Å²) in [5.41, 5.74) is -0.180. The topological polar surface area (TPSA) is 121 Å². The summed E-state index contributed by atoms with van der Waals surface area (Å²) in [6, 6.07) is 7.81. The molecule has 0 radical (unpaired) electrons. The smallest absolute Gasteiger partial charge is 0.343 e. The zero-order valence-corrected chi connectivity index (χ0v) is 22.1. The summed E-state index contributed by atoms with van der Waals surface area (Å²) in [6.45, 7) is 6.63. The summed E-state index contributed by atoms with van der Waals surface area (Å²) in [5.74, 6) is 0.378. The number of anilines is 1. The molecule has 0 spiro atoms. The molecule has 2 aromatic heterocycles. The van der Waals surface area contributed by atoms with E-state index < -0.39 is 11.4 Å². The van der Waals surface area contributed by atoms with Crippen molar-refractivity contribution < 1.29 is 23.5 Å². The SMILES string of the molecule is CCCCOc1ccc(C(=O)Oc2coc(CSc3nnc(NC(=O)C(CC)CC)s3)cc2=O)cc1. The number of ether oxygens (including phenoxy) is 2. The lowest BCUT2D eigenvalue weighted by molar-refractivity contribution is -0.120. The molecule has 0 bridgehead atoms. The number of carbonyl (C=O) groups is 2. The number of benzene rings is 1. The van der Waals surface area contributed by atoms with Gasteiger partial charge in [-0.05, 0) is 43.5 Å². The Morgan fingerprint density at radius 1 is 1.14 bits per heavy atom. The largest absolute Gasteiger partial charge is 0.494 e. The predicted molar refractivity (Wildman–Crippen MR) is 139 cm³/mol. The van der Waals surface area contributed by atoms with E-state index in [0.717, 1.165) is 31.9 Å². The van der Waals surface area contributed by atoms with Gasteiger partial charge in [0, 0.05) is 12.0 Å². The monoisotopic (exact) mass is 531 g/mol. The molecule has 36 heavy (non-hydrogen) atoms. The quantitative estimate of drug-likeness (QED) is 0.131. The van der Waals surface area contributed by atoms with Crippen LogP contribution in [0.15, 0.2) is 50.1 Å². The molecule has 3 rings (SSSR count). The van der Waals surface area contributed by atoms with Gasteiger partial charge >= 0.3 is 5.97 Å². The minimum Gasteiger partial charge on any atom is -0.494 e. The first-order valence-electron chi connectivity index (χ1n) is 11.8. The number of rotatable bonds is 13. The van der Waals surface area contributed by atoms with Crippen LogP contribution in [0, 0.1) is 5.92 Å². The number of nitrogens with one attached hydrogen (secondary N) is 1. The van der Waals surface area contributed by atoms with Crippen LogP contribution in [0.1, 0.15) is 62.6 Å². The maximum Gasteiger partial charge on any atom is 0.343 e. The van der Waals surface area contributed by atoms with E-state index in [0.29, 0.717) is 38.9 Å². The van der Waals surface area contributed by atoms with E-state index in [9.17, 15) is 14.4 Å². The van der Waals surface area contributed by atoms with Crippen LogP contribution in [0.2, 0.25) is 0 Å². The van der Waals surface area contributed by atoms with Crippen LogP contribution in [-0.4, -0.2) is 28.7 Å². The molecule has 2 heterocycles. The summed E-state index contributed by atoms with van der Waals surface area (Å²) in [5, 5.41) is 11.3. The van der Waals surface area contributed by atoms with Crippen molar-refractivity contribution in [3.8, 4) is 11.5 Å². The molecular formula is C25H29N3O6S2. The normalized spacial score (nSPS) is 10.9. The first kappa shape index (κ1) is 27.4. The third-order valence-corrected chi connectivity index (χ3v) is 7.24. The highest BCUT2D eigenvalue weighted by atomic mass is 32.2. The number of esters is 1. The van der Waals surface area contributed by atoms with Gasteiger partial charge < -0.3 is 19.2 Å². The number of nitrogens with zero attached hydrogens (tertiary/aromatic N) is 2. The Kier molecular flexibility index (Phi) is 10.5. The zero-order valence-electron chi connectivity index (χ0n) is 20.4. The second-order valence-electron chi connectivity index (χ2n) is 7.86. The molecule has 0 atom stereocenters. The van der Waals surface area contributed by atoms with Gasteiger partial charge in [0.15, 0.2) is 4.34 Å². The van der Waals surface area contributed by atoms with Crippen LogP contribution in [-0.2, 0) is 10.5 Å². The van der Waals surface area contributed by atoms with Crippen molar-refractivity contribution in [3.05, 3.63) is 58.1 Å². The van der Waals surface area contributed by atoms with Crippen molar-refractivity contribution in [2.24, 2.45) is 5.92 Å². The van der Waals surface area contributed by atoms with E-state index in [1.165, 1.54) is 29.2 Å². The highest BCUT2D eigenvalue weighted by Crippen LogP contribution is 2.29. The van der Waals surface area contributed by atoms with Gasteiger partial charge in [0.25, 0.3) is 0 Å². The minimum absolute atomic E-state index is 0.0594. The van der Waals surface area contributed by atoms with Crippen LogP contribution in [0.5, 0.6) is 11.5 Å². The Bertz CT molecular complexity index is 1210. The Morgan fingerprint density at radius 3 is 2.56 bits per heavy atom. The first-order chi connectivity index (χ1) is 17.4. The number of hydrogen-bond acceptors (Lipinski definition) is 10. The maximum absolute atomic E-state index is 12.4. The number of unbranched alkanes of at least 4 members (excludes halogenated alkanes) is 1. The number of carbonyl (C=O) groups excluding carboxylic acids is 2. The second kappa shape index (κ2) is 13.8. The Labute approximate surface area is 217 Å². The molecule has 3 aromatic rings. The molecule has 0 saturated carbocycles. The van der Waals surface area contributed by atoms with Gasteiger partial charge in [0.2, 0.25) is 22.2 Å².